The van der Waals surface area contributed by atoms with E-state index in [9.17, 15) is 4.39 Å². The smallest absolute Gasteiger partial charge is 0.128 e. The first kappa shape index (κ1) is 14.2. The zero-order valence-corrected chi connectivity index (χ0v) is 12.2. The maximum absolute atomic E-state index is 13.5. The fraction of sp³-hybridized carbons (Fsp3) is 0.200. The van der Waals surface area contributed by atoms with Crippen molar-refractivity contribution in [3.8, 4) is 0 Å². The summed E-state index contributed by atoms with van der Waals surface area (Å²) >= 11 is 12.0. The molecule has 1 unspecified atom stereocenters. The summed E-state index contributed by atoms with van der Waals surface area (Å²) in [6.45, 7) is 3.70. The van der Waals surface area contributed by atoms with E-state index in [4.69, 9.17) is 23.2 Å². The van der Waals surface area contributed by atoms with Crippen molar-refractivity contribution >= 4 is 28.9 Å². The van der Waals surface area contributed by atoms with Gasteiger partial charge in [-0.3, -0.25) is 0 Å². The monoisotopic (exact) mass is 297 g/mol. The van der Waals surface area contributed by atoms with Crippen molar-refractivity contribution in [3.63, 3.8) is 0 Å². The van der Waals surface area contributed by atoms with Gasteiger partial charge in [0.1, 0.15) is 5.82 Å². The molecule has 0 aromatic heterocycles. The molecule has 0 saturated heterocycles. The number of hydrogen-bond donors (Lipinski definition) is 1. The second-order valence-electron chi connectivity index (χ2n) is 4.50. The van der Waals surface area contributed by atoms with Gasteiger partial charge in [-0.05, 0) is 49.2 Å². The summed E-state index contributed by atoms with van der Waals surface area (Å²) in [5.41, 5.74) is 2.27. The predicted octanol–water partition coefficient (Wildman–Crippen LogP) is 5.61. The number of rotatable bonds is 3. The molecule has 100 valence electrons. The third-order valence-electron chi connectivity index (χ3n) is 2.98. The van der Waals surface area contributed by atoms with E-state index in [1.54, 1.807) is 25.1 Å². The Hall–Kier alpha value is -1.25. The number of halogens is 3. The van der Waals surface area contributed by atoms with Crippen molar-refractivity contribution in [1.29, 1.82) is 0 Å². The molecule has 0 saturated carbocycles. The molecule has 0 amide bonds. The fourth-order valence-corrected chi connectivity index (χ4v) is 2.44. The van der Waals surface area contributed by atoms with Crippen molar-refractivity contribution in [2.24, 2.45) is 0 Å². The second kappa shape index (κ2) is 5.81. The quantitative estimate of drug-likeness (QED) is 0.776. The average Bonchev–Trinajstić information content (AvgIpc) is 2.33. The molecular weight excluding hydrogens is 284 g/mol. The van der Waals surface area contributed by atoms with E-state index in [-0.39, 0.29) is 11.9 Å². The molecule has 1 N–H and O–H groups in total. The summed E-state index contributed by atoms with van der Waals surface area (Å²) in [4.78, 5) is 0. The van der Waals surface area contributed by atoms with E-state index in [1.165, 1.54) is 6.07 Å². The average molecular weight is 298 g/mol. The van der Waals surface area contributed by atoms with Gasteiger partial charge in [0.2, 0.25) is 0 Å². The van der Waals surface area contributed by atoms with Crippen LogP contribution in [0.4, 0.5) is 10.1 Å². The number of benzene rings is 2. The van der Waals surface area contributed by atoms with Gasteiger partial charge in [-0.15, -0.1) is 0 Å². The van der Waals surface area contributed by atoms with Crippen molar-refractivity contribution in [2.75, 3.05) is 5.32 Å². The fourth-order valence-electron chi connectivity index (χ4n) is 1.86. The highest BCUT2D eigenvalue weighted by Crippen LogP contribution is 2.28. The molecule has 2 rings (SSSR count). The minimum atomic E-state index is -0.223. The van der Waals surface area contributed by atoms with E-state index in [1.807, 2.05) is 19.1 Å². The van der Waals surface area contributed by atoms with Crippen LogP contribution in [-0.4, -0.2) is 0 Å². The molecule has 0 bridgehead atoms. The molecule has 0 aliphatic carbocycles. The van der Waals surface area contributed by atoms with Crippen LogP contribution >= 0.6 is 23.2 Å². The molecule has 1 atom stereocenters. The van der Waals surface area contributed by atoms with Crippen LogP contribution in [0.25, 0.3) is 0 Å². The van der Waals surface area contributed by atoms with Crippen LogP contribution < -0.4 is 5.32 Å². The van der Waals surface area contributed by atoms with Crippen LogP contribution in [0.1, 0.15) is 24.1 Å². The lowest BCUT2D eigenvalue weighted by Gasteiger charge is -2.17. The van der Waals surface area contributed by atoms with E-state index < -0.39 is 0 Å². The van der Waals surface area contributed by atoms with Crippen LogP contribution in [0.2, 0.25) is 10.0 Å². The molecule has 2 aromatic carbocycles. The molecule has 0 spiro atoms. The van der Waals surface area contributed by atoms with Gasteiger partial charge in [0.05, 0.1) is 0 Å². The third kappa shape index (κ3) is 3.40. The van der Waals surface area contributed by atoms with E-state index in [2.05, 4.69) is 5.32 Å². The normalized spacial score (nSPS) is 12.3. The lowest BCUT2D eigenvalue weighted by Crippen LogP contribution is -2.07. The van der Waals surface area contributed by atoms with Gasteiger partial charge < -0.3 is 5.32 Å². The minimum absolute atomic E-state index is 0.0353. The lowest BCUT2D eigenvalue weighted by molar-refractivity contribution is 0.618. The Bertz CT molecular complexity index is 599. The molecule has 0 aliphatic rings. The summed E-state index contributed by atoms with van der Waals surface area (Å²) in [5.74, 6) is -0.223. The van der Waals surface area contributed by atoms with Crippen LogP contribution in [0.15, 0.2) is 36.4 Å². The summed E-state index contributed by atoms with van der Waals surface area (Å²) < 4.78 is 13.5. The first-order valence-electron chi connectivity index (χ1n) is 5.95. The van der Waals surface area contributed by atoms with Gasteiger partial charge in [0.25, 0.3) is 0 Å². The Morgan fingerprint density at radius 2 is 1.84 bits per heavy atom. The molecule has 0 heterocycles. The maximum atomic E-state index is 13.5. The summed E-state index contributed by atoms with van der Waals surface area (Å²) in [6.07, 6.45) is 0. The molecule has 19 heavy (non-hydrogen) atoms. The highest BCUT2D eigenvalue weighted by molar-refractivity contribution is 6.35. The van der Waals surface area contributed by atoms with Gasteiger partial charge in [0.15, 0.2) is 0 Å². The SMILES string of the molecule is Cc1ccc(NC(C)c2ccc(Cl)cc2Cl)cc1F. The first-order valence-corrected chi connectivity index (χ1v) is 6.70. The topological polar surface area (TPSA) is 12.0 Å². The second-order valence-corrected chi connectivity index (χ2v) is 5.34. The Balaban J connectivity index is 2.20. The van der Waals surface area contributed by atoms with Crippen LogP contribution in [0.5, 0.6) is 0 Å². The van der Waals surface area contributed by atoms with Crippen LogP contribution in [-0.2, 0) is 0 Å². The standard InChI is InChI=1S/C15H14Cl2FN/c1-9-3-5-12(8-15(9)18)19-10(2)13-6-4-11(16)7-14(13)17/h3-8,10,19H,1-2H3. The zero-order chi connectivity index (χ0) is 14.0. The Morgan fingerprint density at radius 3 is 2.47 bits per heavy atom. The van der Waals surface area contributed by atoms with Crippen LogP contribution in [0, 0.1) is 12.7 Å². The summed E-state index contributed by atoms with van der Waals surface area (Å²) in [7, 11) is 0. The van der Waals surface area contributed by atoms with Gasteiger partial charge in [-0.25, -0.2) is 4.39 Å². The minimum Gasteiger partial charge on any atom is -0.378 e. The van der Waals surface area contributed by atoms with Crippen LogP contribution in [0.3, 0.4) is 0 Å². The Morgan fingerprint density at radius 1 is 1.11 bits per heavy atom. The Labute approximate surface area is 122 Å². The molecule has 4 heteroatoms. The number of anilines is 1. The molecular formula is C15H14Cl2FN. The first-order chi connectivity index (χ1) is 8.97. The third-order valence-corrected chi connectivity index (χ3v) is 3.55. The van der Waals surface area contributed by atoms with Crippen molar-refractivity contribution in [2.45, 2.75) is 19.9 Å². The van der Waals surface area contributed by atoms with E-state index >= 15 is 0 Å². The Kier molecular flexibility index (Phi) is 4.33. The maximum Gasteiger partial charge on any atom is 0.128 e. The largest absolute Gasteiger partial charge is 0.378 e. The van der Waals surface area contributed by atoms with E-state index in [0.29, 0.717) is 15.6 Å². The van der Waals surface area contributed by atoms with Gasteiger partial charge in [-0.1, -0.05) is 35.3 Å². The highest BCUT2D eigenvalue weighted by Gasteiger charge is 2.10. The van der Waals surface area contributed by atoms with E-state index in [0.717, 1.165) is 11.3 Å². The molecule has 0 radical (unpaired) electrons. The van der Waals surface area contributed by atoms with Gasteiger partial charge in [0, 0.05) is 21.8 Å². The number of nitrogens with one attached hydrogen (secondary N) is 1. The van der Waals surface area contributed by atoms with Crippen molar-refractivity contribution < 1.29 is 4.39 Å². The van der Waals surface area contributed by atoms with Crippen molar-refractivity contribution in [1.82, 2.24) is 0 Å². The lowest BCUT2D eigenvalue weighted by atomic mass is 10.1. The van der Waals surface area contributed by atoms with Gasteiger partial charge >= 0.3 is 0 Å². The zero-order valence-electron chi connectivity index (χ0n) is 10.7. The summed E-state index contributed by atoms with van der Waals surface area (Å²) in [5, 5.41) is 4.42. The van der Waals surface area contributed by atoms with Gasteiger partial charge in [-0.2, -0.15) is 0 Å². The molecule has 0 fully saturated rings. The highest BCUT2D eigenvalue weighted by atomic mass is 35.5. The predicted molar refractivity (Wildman–Crippen MR) is 79.6 cm³/mol. The number of hydrogen-bond acceptors (Lipinski definition) is 1. The number of aryl methyl sites for hydroxylation is 1. The van der Waals surface area contributed by atoms with Crippen molar-refractivity contribution in [3.05, 3.63) is 63.4 Å². The summed E-state index contributed by atoms with van der Waals surface area (Å²) in [6, 6.07) is 10.4. The molecule has 1 nitrogen and oxygen atoms in total. The molecule has 2 aromatic rings. The molecule has 0 aliphatic heterocycles.